The number of amides is 1. The lowest BCUT2D eigenvalue weighted by Crippen LogP contribution is -2.69. The second kappa shape index (κ2) is 7.15. The Morgan fingerprint density at radius 2 is 2.08 bits per heavy atom. The summed E-state index contributed by atoms with van der Waals surface area (Å²) in [7, 11) is 0. The van der Waals surface area contributed by atoms with Crippen LogP contribution in [0.4, 0.5) is 0 Å². The van der Waals surface area contributed by atoms with Gasteiger partial charge < -0.3 is 29.4 Å². The number of aliphatic hydroxyl groups excluding tert-OH is 1. The standard InChI is InChI=1S/C19H27NO6/c1-10-6-7-11(2)13(8-10)24-18-15(20-12(3)21)16(22)17-14(25-18)9-23-19(4,5)26-17/h6-8,14-18,22H,9H2,1-5H3,(H,20,21)/t14-,15-,16-,17-,18-/m0/s1. The van der Waals surface area contributed by atoms with E-state index in [1.54, 1.807) is 13.8 Å². The molecule has 7 heteroatoms. The minimum atomic E-state index is -0.990. The Morgan fingerprint density at radius 3 is 2.77 bits per heavy atom. The van der Waals surface area contributed by atoms with Crippen LogP contribution in [-0.2, 0) is 19.0 Å². The summed E-state index contributed by atoms with van der Waals surface area (Å²) in [6, 6.07) is 5.09. The van der Waals surface area contributed by atoms with E-state index in [4.69, 9.17) is 18.9 Å². The average Bonchev–Trinajstić information content (AvgIpc) is 2.54. The van der Waals surface area contributed by atoms with Crippen molar-refractivity contribution in [3.63, 3.8) is 0 Å². The van der Waals surface area contributed by atoms with Gasteiger partial charge in [0.2, 0.25) is 12.2 Å². The minimum Gasteiger partial charge on any atom is -0.462 e. The number of fused-ring (bicyclic) bond motifs is 1. The van der Waals surface area contributed by atoms with Crippen molar-refractivity contribution in [2.24, 2.45) is 0 Å². The number of hydrogen-bond acceptors (Lipinski definition) is 6. The maximum absolute atomic E-state index is 11.7. The van der Waals surface area contributed by atoms with E-state index in [2.05, 4.69) is 5.32 Å². The third-order valence-electron chi connectivity index (χ3n) is 4.64. The first-order chi connectivity index (χ1) is 12.2. The van der Waals surface area contributed by atoms with Gasteiger partial charge in [0.25, 0.3) is 0 Å². The zero-order valence-electron chi connectivity index (χ0n) is 15.8. The molecule has 0 saturated carbocycles. The van der Waals surface area contributed by atoms with E-state index in [0.29, 0.717) is 5.75 Å². The first-order valence-electron chi connectivity index (χ1n) is 8.82. The molecule has 0 aliphatic carbocycles. The minimum absolute atomic E-state index is 0.272. The summed E-state index contributed by atoms with van der Waals surface area (Å²) in [6.07, 6.45) is -2.95. The van der Waals surface area contributed by atoms with Crippen LogP contribution in [0.2, 0.25) is 0 Å². The molecule has 1 aromatic carbocycles. The average molecular weight is 365 g/mol. The fourth-order valence-corrected chi connectivity index (χ4v) is 3.29. The smallest absolute Gasteiger partial charge is 0.223 e. The molecule has 2 aliphatic rings. The van der Waals surface area contributed by atoms with Gasteiger partial charge in [-0.15, -0.1) is 0 Å². The van der Waals surface area contributed by atoms with Crippen molar-refractivity contribution in [3.05, 3.63) is 29.3 Å². The van der Waals surface area contributed by atoms with Gasteiger partial charge in [0.05, 0.1) is 6.61 Å². The number of nitrogens with one attached hydrogen (secondary N) is 1. The second-order valence-electron chi connectivity index (χ2n) is 7.44. The molecule has 5 atom stereocenters. The lowest BCUT2D eigenvalue weighted by atomic mass is 9.95. The van der Waals surface area contributed by atoms with Gasteiger partial charge in [0, 0.05) is 6.92 Å². The van der Waals surface area contributed by atoms with Gasteiger partial charge in [-0.1, -0.05) is 12.1 Å². The van der Waals surface area contributed by atoms with E-state index in [9.17, 15) is 9.90 Å². The van der Waals surface area contributed by atoms with Crippen molar-refractivity contribution in [1.82, 2.24) is 5.32 Å². The number of rotatable bonds is 3. The lowest BCUT2D eigenvalue weighted by molar-refractivity contribution is -0.361. The van der Waals surface area contributed by atoms with Gasteiger partial charge in [0.1, 0.15) is 30.1 Å². The molecule has 2 saturated heterocycles. The largest absolute Gasteiger partial charge is 0.462 e. The third-order valence-corrected chi connectivity index (χ3v) is 4.64. The molecule has 2 fully saturated rings. The zero-order chi connectivity index (χ0) is 19.1. The molecule has 26 heavy (non-hydrogen) atoms. The predicted molar refractivity (Wildman–Crippen MR) is 93.7 cm³/mol. The molecule has 1 aromatic rings. The summed E-state index contributed by atoms with van der Waals surface area (Å²) in [5.74, 6) is -0.460. The highest BCUT2D eigenvalue weighted by Gasteiger charge is 2.52. The third kappa shape index (κ3) is 4.01. The van der Waals surface area contributed by atoms with Crippen LogP contribution in [0, 0.1) is 13.8 Å². The van der Waals surface area contributed by atoms with Crippen molar-refractivity contribution >= 4 is 5.91 Å². The fraction of sp³-hybridized carbons (Fsp3) is 0.632. The van der Waals surface area contributed by atoms with E-state index >= 15 is 0 Å². The van der Waals surface area contributed by atoms with Crippen LogP contribution in [0.5, 0.6) is 5.75 Å². The molecule has 0 unspecified atom stereocenters. The topological polar surface area (TPSA) is 86.3 Å². The summed E-state index contributed by atoms with van der Waals surface area (Å²) in [5, 5.41) is 13.6. The zero-order valence-corrected chi connectivity index (χ0v) is 15.8. The maximum atomic E-state index is 11.7. The van der Waals surface area contributed by atoms with Gasteiger partial charge in [-0.05, 0) is 44.9 Å². The maximum Gasteiger partial charge on any atom is 0.223 e. The van der Waals surface area contributed by atoms with Gasteiger partial charge in [-0.3, -0.25) is 4.79 Å². The molecule has 0 aromatic heterocycles. The summed E-state index contributed by atoms with van der Waals surface area (Å²) in [4.78, 5) is 11.7. The van der Waals surface area contributed by atoms with Gasteiger partial charge in [-0.2, -0.15) is 0 Å². The van der Waals surface area contributed by atoms with Gasteiger partial charge in [0.15, 0.2) is 5.79 Å². The van der Waals surface area contributed by atoms with Crippen LogP contribution < -0.4 is 10.1 Å². The molecule has 3 rings (SSSR count). The Hall–Kier alpha value is -1.67. The molecule has 1 amide bonds. The molecular weight excluding hydrogens is 338 g/mol. The van der Waals surface area contributed by atoms with E-state index in [0.717, 1.165) is 11.1 Å². The number of benzene rings is 1. The molecule has 2 N–H and O–H groups in total. The monoisotopic (exact) mass is 365 g/mol. The molecule has 0 bridgehead atoms. The van der Waals surface area contributed by atoms with Crippen LogP contribution in [0.1, 0.15) is 31.9 Å². The summed E-state index contributed by atoms with van der Waals surface area (Å²) < 4.78 is 23.5. The molecule has 144 valence electrons. The first-order valence-corrected chi connectivity index (χ1v) is 8.82. The Morgan fingerprint density at radius 1 is 1.35 bits per heavy atom. The fourth-order valence-electron chi connectivity index (χ4n) is 3.29. The van der Waals surface area contributed by atoms with Crippen LogP contribution in [-0.4, -0.2) is 54.1 Å². The number of aliphatic hydroxyl groups is 1. The molecule has 2 aliphatic heterocycles. The van der Waals surface area contributed by atoms with Gasteiger partial charge in [-0.25, -0.2) is 0 Å². The van der Waals surface area contributed by atoms with Crippen LogP contribution in [0.15, 0.2) is 18.2 Å². The normalized spacial score (nSPS) is 33.2. The Bertz CT molecular complexity index is 676. The SMILES string of the molecule is CC(=O)N[C@@H]1[C@@H](Oc2cc(C)ccc2C)O[C@H]2COC(C)(C)O[C@@H]2[C@H]1O. The van der Waals surface area contributed by atoms with Gasteiger partial charge >= 0.3 is 0 Å². The second-order valence-corrected chi connectivity index (χ2v) is 7.44. The quantitative estimate of drug-likeness (QED) is 0.843. The van der Waals surface area contributed by atoms with Crippen molar-refractivity contribution in [2.75, 3.05) is 6.61 Å². The van der Waals surface area contributed by atoms with Crippen molar-refractivity contribution in [1.29, 1.82) is 0 Å². The molecule has 0 spiro atoms. The summed E-state index contributed by atoms with van der Waals surface area (Å²) in [6.45, 7) is 9.12. The van der Waals surface area contributed by atoms with Crippen LogP contribution in [0.25, 0.3) is 0 Å². The predicted octanol–water partition coefficient (Wildman–Crippen LogP) is 1.42. The number of carbonyl (C=O) groups is 1. The van der Waals surface area contributed by atoms with E-state index in [1.165, 1.54) is 6.92 Å². The highest BCUT2D eigenvalue weighted by molar-refractivity contribution is 5.73. The highest BCUT2D eigenvalue weighted by atomic mass is 16.8. The Kier molecular flexibility index (Phi) is 5.25. The first kappa shape index (κ1) is 19.1. The number of hydrogen-bond donors (Lipinski definition) is 2. The van der Waals surface area contributed by atoms with Crippen molar-refractivity contribution in [3.8, 4) is 5.75 Å². The van der Waals surface area contributed by atoms with Crippen LogP contribution in [0.3, 0.4) is 0 Å². The van der Waals surface area contributed by atoms with E-state index in [-0.39, 0.29) is 12.5 Å². The number of aryl methyl sites for hydroxylation is 2. The van der Waals surface area contributed by atoms with Crippen molar-refractivity contribution in [2.45, 2.75) is 71.0 Å². The summed E-state index contributed by atoms with van der Waals surface area (Å²) >= 11 is 0. The number of carbonyl (C=O) groups excluding carboxylic acids is 1. The molecular formula is C19H27NO6. The number of ether oxygens (including phenoxy) is 4. The molecule has 0 radical (unpaired) electrons. The molecule has 2 heterocycles. The molecule has 7 nitrogen and oxygen atoms in total. The van der Waals surface area contributed by atoms with Crippen molar-refractivity contribution < 1.29 is 28.8 Å². The van der Waals surface area contributed by atoms with Crippen LogP contribution >= 0.6 is 0 Å². The lowest BCUT2D eigenvalue weighted by Gasteiger charge is -2.49. The summed E-state index contributed by atoms with van der Waals surface area (Å²) in [5.41, 5.74) is 1.98. The highest BCUT2D eigenvalue weighted by Crippen LogP contribution is 2.34. The Labute approximate surface area is 153 Å². The van der Waals surface area contributed by atoms with E-state index in [1.807, 2.05) is 32.0 Å². The Balaban J connectivity index is 1.85. The van der Waals surface area contributed by atoms with E-state index < -0.39 is 36.4 Å².